The first-order valence-corrected chi connectivity index (χ1v) is 6.65. The molecule has 0 heterocycles. The first-order chi connectivity index (χ1) is 9.49. The molecule has 5 nitrogen and oxygen atoms in total. The summed E-state index contributed by atoms with van der Waals surface area (Å²) < 4.78 is 4.65. The highest BCUT2D eigenvalue weighted by Gasteiger charge is 2.24. The van der Waals surface area contributed by atoms with E-state index in [0.29, 0.717) is 6.54 Å². The maximum Gasteiger partial charge on any atom is 0.307 e. The normalized spacial score (nSPS) is 13.8. The van der Waals surface area contributed by atoms with Gasteiger partial charge >= 0.3 is 5.97 Å². The summed E-state index contributed by atoms with van der Waals surface area (Å²) in [4.78, 5) is 11.4. The summed E-state index contributed by atoms with van der Waals surface area (Å²) in [5.41, 5.74) is 2.79. The van der Waals surface area contributed by atoms with Crippen molar-refractivity contribution in [3.63, 3.8) is 0 Å². The highest BCUT2D eigenvalue weighted by molar-refractivity contribution is 5.70. The summed E-state index contributed by atoms with van der Waals surface area (Å²) in [6.45, 7) is 4.12. The second-order valence-electron chi connectivity index (χ2n) is 4.87. The Morgan fingerprint density at radius 3 is 2.70 bits per heavy atom. The van der Waals surface area contributed by atoms with Gasteiger partial charge < -0.3 is 20.3 Å². The summed E-state index contributed by atoms with van der Waals surface area (Å²) in [5.74, 6) is -0.398. The maximum absolute atomic E-state index is 11.4. The van der Waals surface area contributed by atoms with Gasteiger partial charge in [-0.25, -0.2) is 0 Å². The molecule has 5 heteroatoms. The van der Waals surface area contributed by atoms with E-state index in [-0.39, 0.29) is 13.0 Å². The summed E-state index contributed by atoms with van der Waals surface area (Å²) in [5, 5.41) is 22.4. The van der Waals surface area contributed by atoms with Crippen LogP contribution in [0.4, 0.5) is 0 Å². The number of carbonyl (C=O) groups is 1. The van der Waals surface area contributed by atoms with E-state index in [4.69, 9.17) is 5.11 Å². The van der Waals surface area contributed by atoms with E-state index in [1.165, 1.54) is 7.11 Å². The lowest BCUT2D eigenvalue weighted by Crippen LogP contribution is -2.39. The topological polar surface area (TPSA) is 78.8 Å². The van der Waals surface area contributed by atoms with Crippen molar-refractivity contribution in [2.24, 2.45) is 0 Å². The van der Waals surface area contributed by atoms with Gasteiger partial charge in [0, 0.05) is 12.6 Å². The van der Waals surface area contributed by atoms with E-state index in [0.717, 1.165) is 16.7 Å². The third kappa shape index (κ3) is 4.59. The molecular weight excluding hydrogens is 258 g/mol. The van der Waals surface area contributed by atoms with Crippen LogP contribution < -0.4 is 5.32 Å². The van der Waals surface area contributed by atoms with Crippen LogP contribution in [-0.4, -0.2) is 42.5 Å². The highest BCUT2D eigenvalue weighted by Crippen LogP contribution is 2.23. The van der Waals surface area contributed by atoms with E-state index >= 15 is 0 Å². The molecule has 0 aromatic heterocycles. The Hall–Kier alpha value is -1.43. The minimum Gasteiger partial charge on any atom is -0.469 e. The van der Waals surface area contributed by atoms with Gasteiger partial charge in [0.1, 0.15) is 0 Å². The van der Waals surface area contributed by atoms with Crippen molar-refractivity contribution >= 4 is 5.97 Å². The molecule has 3 N–H and O–H groups in total. The fraction of sp³-hybridized carbons (Fsp3) is 0.533. The number of esters is 1. The average molecular weight is 281 g/mol. The van der Waals surface area contributed by atoms with Crippen LogP contribution >= 0.6 is 0 Å². The Balaban J connectivity index is 2.92. The van der Waals surface area contributed by atoms with Crippen LogP contribution in [0.2, 0.25) is 0 Å². The summed E-state index contributed by atoms with van der Waals surface area (Å²) >= 11 is 0. The van der Waals surface area contributed by atoms with E-state index in [9.17, 15) is 9.90 Å². The average Bonchev–Trinajstić information content (AvgIpc) is 2.44. The van der Waals surface area contributed by atoms with Gasteiger partial charge in [-0.05, 0) is 25.0 Å². The van der Waals surface area contributed by atoms with Crippen molar-refractivity contribution < 1.29 is 19.7 Å². The molecule has 0 aliphatic heterocycles. The molecule has 1 aromatic carbocycles. The third-order valence-corrected chi connectivity index (χ3v) is 3.27. The Morgan fingerprint density at radius 2 is 2.10 bits per heavy atom. The number of hydrogen-bond acceptors (Lipinski definition) is 5. The molecule has 0 fully saturated rings. The number of ether oxygens (including phenoxy) is 1. The lowest BCUT2D eigenvalue weighted by molar-refractivity contribution is -0.142. The molecule has 0 amide bonds. The predicted octanol–water partition coefficient (Wildman–Crippen LogP) is 0.850. The lowest BCUT2D eigenvalue weighted by Gasteiger charge is -2.25. The zero-order chi connectivity index (χ0) is 15.1. The molecule has 0 aliphatic carbocycles. The molecule has 0 saturated carbocycles. The molecule has 2 unspecified atom stereocenters. The van der Waals surface area contributed by atoms with E-state index < -0.39 is 18.1 Å². The van der Waals surface area contributed by atoms with Gasteiger partial charge in [-0.3, -0.25) is 4.79 Å². The van der Waals surface area contributed by atoms with Crippen LogP contribution in [0, 0.1) is 13.8 Å². The second kappa shape index (κ2) is 7.99. The number of carbonyl (C=O) groups excluding carboxylic acids is 1. The van der Waals surface area contributed by atoms with Gasteiger partial charge in [0.05, 0.1) is 26.2 Å². The number of methoxy groups -OCH3 is 1. The molecule has 20 heavy (non-hydrogen) atoms. The molecule has 112 valence electrons. The van der Waals surface area contributed by atoms with Crippen LogP contribution in [0.3, 0.4) is 0 Å². The van der Waals surface area contributed by atoms with Crippen LogP contribution in [0.25, 0.3) is 0 Å². The number of nitrogens with one attached hydrogen (secondary N) is 1. The fourth-order valence-corrected chi connectivity index (χ4v) is 2.10. The Morgan fingerprint density at radius 1 is 1.40 bits per heavy atom. The first-order valence-electron chi connectivity index (χ1n) is 6.65. The molecule has 0 spiro atoms. The number of aryl methyl sites for hydroxylation is 2. The Labute approximate surface area is 119 Å². The van der Waals surface area contributed by atoms with Crippen molar-refractivity contribution in [2.45, 2.75) is 32.4 Å². The van der Waals surface area contributed by atoms with Gasteiger partial charge in [-0.15, -0.1) is 0 Å². The highest BCUT2D eigenvalue weighted by atomic mass is 16.5. The molecule has 1 aromatic rings. The summed E-state index contributed by atoms with van der Waals surface area (Å²) in [7, 11) is 1.32. The van der Waals surface area contributed by atoms with Gasteiger partial charge in [0.15, 0.2) is 0 Å². The quantitative estimate of drug-likeness (QED) is 0.646. The van der Waals surface area contributed by atoms with Crippen molar-refractivity contribution in [3.8, 4) is 0 Å². The number of benzene rings is 1. The zero-order valence-electron chi connectivity index (χ0n) is 12.2. The predicted molar refractivity (Wildman–Crippen MR) is 76.4 cm³/mol. The molecule has 2 atom stereocenters. The monoisotopic (exact) mass is 281 g/mol. The number of rotatable bonds is 7. The SMILES string of the molecule is COC(=O)CC(NCCO)C(O)c1cc(C)ccc1C. The van der Waals surface area contributed by atoms with Gasteiger partial charge in [0.25, 0.3) is 0 Å². The van der Waals surface area contributed by atoms with E-state index in [1.807, 2.05) is 32.0 Å². The fourth-order valence-electron chi connectivity index (χ4n) is 2.10. The van der Waals surface area contributed by atoms with Crippen LogP contribution in [-0.2, 0) is 9.53 Å². The van der Waals surface area contributed by atoms with Gasteiger partial charge in [-0.2, -0.15) is 0 Å². The van der Waals surface area contributed by atoms with Crippen LogP contribution in [0.1, 0.15) is 29.2 Å². The van der Waals surface area contributed by atoms with E-state index in [2.05, 4.69) is 10.1 Å². The van der Waals surface area contributed by atoms with Crippen molar-refractivity contribution in [1.82, 2.24) is 5.32 Å². The van der Waals surface area contributed by atoms with Gasteiger partial charge in [-0.1, -0.05) is 23.8 Å². The van der Waals surface area contributed by atoms with Crippen molar-refractivity contribution in [1.29, 1.82) is 0 Å². The molecule has 1 rings (SSSR count). The molecule has 0 radical (unpaired) electrons. The largest absolute Gasteiger partial charge is 0.469 e. The Bertz CT molecular complexity index is 447. The van der Waals surface area contributed by atoms with Crippen molar-refractivity contribution in [3.05, 3.63) is 34.9 Å². The molecule has 0 aliphatic rings. The number of aliphatic hydroxyl groups excluding tert-OH is 2. The van der Waals surface area contributed by atoms with Crippen LogP contribution in [0.5, 0.6) is 0 Å². The van der Waals surface area contributed by atoms with Crippen molar-refractivity contribution in [2.75, 3.05) is 20.3 Å². The Kier molecular flexibility index (Phi) is 6.64. The standard InChI is InChI=1S/C15H23NO4/c1-10-4-5-11(2)12(8-10)15(19)13(16-6-7-17)9-14(18)20-3/h4-5,8,13,15-17,19H,6-7,9H2,1-3H3. The van der Waals surface area contributed by atoms with Gasteiger partial charge in [0.2, 0.25) is 0 Å². The minimum atomic E-state index is -0.833. The molecule has 0 bridgehead atoms. The third-order valence-electron chi connectivity index (χ3n) is 3.27. The lowest BCUT2D eigenvalue weighted by atomic mass is 9.94. The smallest absolute Gasteiger partial charge is 0.307 e. The summed E-state index contributed by atoms with van der Waals surface area (Å²) in [6.07, 6.45) is -0.786. The number of hydrogen-bond donors (Lipinski definition) is 3. The molecule has 0 saturated heterocycles. The van der Waals surface area contributed by atoms with Crippen LogP contribution in [0.15, 0.2) is 18.2 Å². The first kappa shape index (κ1) is 16.6. The molecular formula is C15H23NO4. The second-order valence-corrected chi connectivity index (χ2v) is 4.87. The maximum atomic E-state index is 11.4. The number of aliphatic hydroxyl groups is 2. The van der Waals surface area contributed by atoms with E-state index in [1.54, 1.807) is 0 Å². The zero-order valence-corrected chi connectivity index (χ0v) is 12.2. The summed E-state index contributed by atoms with van der Waals surface area (Å²) in [6, 6.07) is 5.33. The minimum absolute atomic E-state index is 0.0467.